The second-order valence-corrected chi connectivity index (χ2v) is 5.40. The minimum absolute atomic E-state index is 0.0132. The minimum atomic E-state index is -0.979. The van der Waals surface area contributed by atoms with Crippen LogP contribution in [0.5, 0.6) is 0 Å². The van der Waals surface area contributed by atoms with E-state index >= 15 is 0 Å². The molecule has 0 N–H and O–H groups in total. The van der Waals surface area contributed by atoms with E-state index in [-0.39, 0.29) is 30.1 Å². The summed E-state index contributed by atoms with van der Waals surface area (Å²) in [4.78, 5) is 37.4. The predicted octanol–water partition coefficient (Wildman–Crippen LogP) is 1.64. The third kappa shape index (κ3) is 2.81. The molecule has 0 spiro atoms. The molecule has 1 aromatic carbocycles. The molecule has 1 saturated heterocycles. The summed E-state index contributed by atoms with van der Waals surface area (Å²) in [6.45, 7) is 3.37. The molecule has 6 nitrogen and oxygen atoms in total. The molecule has 22 heavy (non-hydrogen) atoms. The average molecular weight is 303 g/mol. The number of benzene rings is 1. The van der Waals surface area contributed by atoms with E-state index in [1.165, 1.54) is 12.1 Å². The number of urea groups is 1. The van der Waals surface area contributed by atoms with Gasteiger partial charge >= 0.3 is 17.8 Å². The normalized spacial score (nSPS) is 15.0. The Morgan fingerprint density at radius 2 is 1.82 bits per heavy atom. The second kappa shape index (κ2) is 5.93. The molecule has 0 atom stereocenters. The number of imide groups is 2. The fourth-order valence-corrected chi connectivity index (χ4v) is 2.15. The van der Waals surface area contributed by atoms with Gasteiger partial charge in [0, 0.05) is 12.1 Å². The largest absolute Gasteiger partial charge is 0.334 e. The van der Waals surface area contributed by atoms with Crippen LogP contribution in [0.15, 0.2) is 18.2 Å². The predicted molar refractivity (Wildman–Crippen MR) is 73.6 cm³/mol. The maximum atomic E-state index is 13.8. The highest BCUT2D eigenvalue weighted by Crippen LogP contribution is 2.19. The maximum Gasteiger partial charge on any atom is 0.334 e. The highest BCUT2D eigenvalue weighted by atomic mass is 19.1. The van der Waals surface area contributed by atoms with Crippen molar-refractivity contribution in [3.8, 4) is 6.07 Å². The Morgan fingerprint density at radius 1 is 1.18 bits per heavy atom. The Labute approximate surface area is 126 Å². The third-order valence-electron chi connectivity index (χ3n) is 3.19. The number of hydrogen-bond acceptors (Lipinski definition) is 4. The van der Waals surface area contributed by atoms with Crippen LogP contribution in [0.25, 0.3) is 0 Å². The average Bonchev–Trinajstić information content (AvgIpc) is 2.66. The summed E-state index contributed by atoms with van der Waals surface area (Å²) in [5.74, 6) is -2.52. The van der Waals surface area contributed by atoms with Crippen LogP contribution in [0.3, 0.4) is 0 Å². The van der Waals surface area contributed by atoms with Crippen LogP contribution in [0, 0.1) is 23.1 Å². The molecule has 114 valence electrons. The Hall–Kier alpha value is -2.75. The summed E-state index contributed by atoms with van der Waals surface area (Å²) in [7, 11) is 0. The van der Waals surface area contributed by atoms with Gasteiger partial charge in [0.1, 0.15) is 5.82 Å². The zero-order chi connectivity index (χ0) is 16.4. The van der Waals surface area contributed by atoms with Crippen LogP contribution in [-0.2, 0) is 16.1 Å². The van der Waals surface area contributed by atoms with Gasteiger partial charge in [-0.05, 0) is 24.1 Å². The maximum absolute atomic E-state index is 13.8. The van der Waals surface area contributed by atoms with Crippen LogP contribution >= 0.6 is 0 Å². The van der Waals surface area contributed by atoms with Gasteiger partial charge in [-0.1, -0.05) is 13.8 Å². The van der Waals surface area contributed by atoms with E-state index in [0.717, 1.165) is 11.0 Å². The van der Waals surface area contributed by atoms with Gasteiger partial charge in [0.25, 0.3) is 0 Å². The van der Waals surface area contributed by atoms with E-state index in [2.05, 4.69) is 0 Å². The van der Waals surface area contributed by atoms with Crippen LogP contribution in [0.2, 0.25) is 0 Å². The van der Waals surface area contributed by atoms with Crippen molar-refractivity contribution in [1.82, 2.24) is 9.80 Å². The van der Waals surface area contributed by atoms with Gasteiger partial charge in [-0.3, -0.25) is 19.4 Å². The van der Waals surface area contributed by atoms with Gasteiger partial charge in [0.15, 0.2) is 0 Å². The van der Waals surface area contributed by atoms with Gasteiger partial charge in [0.05, 0.1) is 18.2 Å². The number of carbonyl (C=O) groups is 3. The van der Waals surface area contributed by atoms with Crippen molar-refractivity contribution >= 4 is 17.8 Å². The molecule has 0 bridgehead atoms. The first-order chi connectivity index (χ1) is 10.3. The molecule has 7 heteroatoms. The molecule has 0 saturated carbocycles. The minimum Gasteiger partial charge on any atom is -0.263 e. The monoisotopic (exact) mass is 303 g/mol. The second-order valence-electron chi connectivity index (χ2n) is 5.40. The van der Waals surface area contributed by atoms with Crippen LogP contribution in [0.1, 0.15) is 25.0 Å². The van der Waals surface area contributed by atoms with Gasteiger partial charge in [0.2, 0.25) is 0 Å². The smallest absolute Gasteiger partial charge is 0.263 e. The number of hydrogen-bond donors (Lipinski definition) is 0. The van der Waals surface area contributed by atoms with Crippen molar-refractivity contribution in [2.75, 3.05) is 6.54 Å². The zero-order valence-corrected chi connectivity index (χ0v) is 12.2. The highest BCUT2D eigenvalue weighted by molar-refractivity contribution is 6.44. The molecule has 1 fully saturated rings. The van der Waals surface area contributed by atoms with Crippen LogP contribution in [-0.4, -0.2) is 34.2 Å². The lowest BCUT2D eigenvalue weighted by Gasteiger charge is -2.17. The van der Waals surface area contributed by atoms with Crippen LogP contribution in [0.4, 0.5) is 9.18 Å². The number of nitrogens with zero attached hydrogens (tertiary/aromatic N) is 3. The van der Waals surface area contributed by atoms with Gasteiger partial charge in [-0.15, -0.1) is 0 Å². The number of amides is 4. The van der Waals surface area contributed by atoms with Gasteiger partial charge in [-0.2, -0.15) is 5.26 Å². The highest BCUT2D eigenvalue weighted by Gasteiger charge is 2.44. The number of carbonyl (C=O) groups excluding carboxylic acids is 3. The summed E-state index contributed by atoms with van der Waals surface area (Å²) >= 11 is 0. The number of halogens is 1. The molecule has 1 heterocycles. The first-order valence-corrected chi connectivity index (χ1v) is 6.71. The van der Waals surface area contributed by atoms with E-state index in [9.17, 15) is 18.8 Å². The lowest BCUT2D eigenvalue weighted by atomic mass is 10.1. The first-order valence-electron chi connectivity index (χ1n) is 6.71. The molecule has 0 aromatic heterocycles. The SMILES string of the molecule is CC(C)CN1C(=O)C(=O)N(Cc2cc(C#N)ccc2F)C1=O. The van der Waals surface area contributed by atoms with Crippen LogP contribution < -0.4 is 0 Å². The van der Waals surface area contributed by atoms with Crippen molar-refractivity contribution in [3.05, 3.63) is 35.1 Å². The summed E-state index contributed by atoms with van der Waals surface area (Å²) in [6.07, 6.45) is 0. The van der Waals surface area contributed by atoms with E-state index in [0.29, 0.717) is 4.90 Å². The van der Waals surface area contributed by atoms with E-state index < -0.39 is 23.7 Å². The molecular weight excluding hydrogens is 289 g/mol. The molecule has 4 amide bonds. The molecule has 0 unspecified atom stereocenters. The van der Waals surface area contributed by atoms with Crippen molar-refractivity contribution in [1.29, 1.82) is 5.26 Å². The standard InChI is InChI=1S/C15H14FN3O3/c1-9(2)7-18-13(20)14(21)19(15(18)22)8-11-5-10(6-17)3-4-12(11)16/h3-5,9H,7-8H2,1-2H3. The van der Waals surface area contributed by atoms with E-state index in [1.54, 1.807) is 0 Å². The van der Waals surface area contributed by atoms with E-state index in [1.807, 2.05) is 19.9 Å². The summed E-state index contributed by atoms with van der Waals surface area (Å²) in [5, 5.41) is 8.82. The quantitative estimate of drug-likeness (QED) is 0.625. The van der Waals surface area contributed by atoms with Crippen molar-refractivity contribution < 1.29 is 18.8 Å². The molecule has 1 aromatic rings. The Morgan fingerprint density at radius 3 is 2.41 bits per heavy atom. The van der Waals surface area contributed by atoms with Crippen molar-refractivity contribution in [2.45, 2.75) is 20.4 Å². The number of rotatable bonds is 4. The van der Waals surface area contributed by atoms with Gasteiger partial charge in [-0.25, -0.2) is 9.18 Å². The fourth-order valence-electron chi connectivity index (χ4n) is 2.15. The third-order valence-corrected chi connectivity index (χ3v) is 3.19. The molecule has 2 rings (SSSR count). The molecular formula is C15H14FN3O3. The summed E-state index contributed by atoms with van der Waals surface area (Å²) in [6, 6.07) is 4.73. The first kappa shape index (κ1) is 15.6. The zero-order valence-electron chi connectivity index (χ0n) is 12.2. The van der Waals surface area contributed by atoms with Crippen molar-refractivity contribution in [2.24, 2.45) is 5.92 Å². The summed E-state index contributed by atoms with van der Waals surface area (Å²) in [5.41, 5.74) is 0.223. The molecule has 1 aliphatic heterocycles. The summed E-state index contributed by atoms with van der Waals surface area (Å²) < 4.78 is 13.8. The van der Waals surface area contributed by atoms with E-state index in [4.69, 9.17) is 5.26 Å². The number of nitriles is 1. The molecule has 1 aliphatic rings. The van der Waals surface area contributed by atoms with Crippen molar-refractivity contribution in [3.63, 3.8) is 0 Å². The molecule has 0 radical (unpaired) electrons. The lowest BCUT2D eigenvalue weighted by molar-refractivity contribution is -0.143. The van der Waals surface area contributed by atoms with Gasteiger partial charge < -0.3 is 0 Å². The fraction of sp³-hybridized carbons (Fsp3) is 0.333. The topological polar surface area (TPSA) is 81.5 Å². The lowest BCUT2D eigenvalue weighted by Crippen LogP contribution is -2.35. The Kier molecular flexibility index (Phi) is 4.22. The Balaban J connectivity index is 2.27. The Bertz CT molecular complexity index is 694. The molecule has 0 aliphatic carbocycles.